The Morgan fingerprint density at radius 1 is 1.19 bits per heavy atom. The van der Waals surface area contributed by atoms with Crippen LogP contribution < -0.4 is 10.6 Å². The molecule has 0 bridgehead atoms. The molecule has 1 heterocycles. The van der Waals surface area contributed by atoms with Crippen molar-refractivity contribution in [3.63, 3.8) is 0 Å². The molecule has 0 aromatic heterocycles. The van der Waals surface area contributed by atoms with Gasteiger partial charge in [-0.15, -0.1) is 6.58 Å². The van der Waals surface area contributed by atoms with Gasteiger partial charge >= 0.3 is 12.1 Å². The van der Waals surface area contributed by atoms with Crippen molar-refractivity contribution < 1.29 is 28.7 Å². The molecule has 1 aromatic rings. The molecule has 2 N–H and O–H groups in total. The molecule has 0 unspecified atom stereocenters. The van der Waals surface area contributed by atoms with Crippen molar-refractivity contribution in [3.8, 4) is 0 Å². The summed E-state index contributed by atoms with van der Waals surface area (Å²) in [5, 5.41) is 5.45. The minimum absolute atomic E-state index is 0.0213. The number of carbonyl (C=O) groups excluding carboxylic acids is 4. The van der Waals surface area contributed by atoms with Crippen molar-refractivity contribution in [1.29, 1.82) is 0 Å². The summed E-state index contributed by atoms with van der Waals surface area (Å²) >= 11 is 0. The van der Waals surface area contributed by atoms with Crippen LogP contribution in [0.15, 0.2) is 54.3 Å². The zero-order valence-electron chi connectivity index (χ0n) is 22.0. The Hall–Kier alpha value is -3.62. The van der Waals surface area contributed by atoms with E-state index >= 15 is 0 Å². The maximum atomic E-state index is 13.2. The van der Waals surface area contributed by atoms with E-state index in [0.29, 0.717) is 11.3 Å². The fraction of sp³-hybridized carbons (Fsp3) is 0.481. The summed E-state index contributed by atoms with van der Waals surface area (Å²) in [4.78, 5) is 53.3. The molecule has 1 aliphatic rings. The van der Waals surface area contributed by atoms with Crippen LogP contribution in [0, 0.1) is 0 Å². The van der Waals surface area contributed by atoms with E-state index in [0.717, 1.165) is 5.56 Å². The van der Waals surface area contributed by atoms with Crippen LogP contribution in [-0.4, -0.2) is 66.0 Å². The molecule has 2 amide bonds. The van der Waals surface area contributed by atoms with Gasteiger partial charge in [0.15, 0.2) is 5.78 Å². The SMILES string of the molecule is C=CC[C@]1(C(=O)OCC)C(=O)C(C)=C(CNC(=O)[C@H](Cc2ccccc2)NC(=O)OC(C)(C)C)N1C. The van der Waals surface area contributed by atoms with Gasteiger partial charge in [-0.05, 0) is 40.2 Å². The summed E-state index contributed by atoms with van der Waals surface area (Å²) in [7, 11) is 1.62. The summed E-state index contributed by atoms with van der Waals surface area (Å²) in [6.07, 6.45) is 1.09. The topological polar surface area (TPSA) is 114 Å². The molecule has 0 radical (unpaired) electrons. The lowest BCUT2D eigenvalue weighted by Crippen LogP contribution is -2.56. The number of Topliss-reactive ketones (excluding diaryl/α,β-unsaturated/α-hetero) is 1. The van der Waals surface area contributed by atoms with Gasteiger partial charge < -0.3 is 25.0 Å². The lowest BCUT2D eigenvalue weighted by molar-refractivity contribution is -0.158. The van der Waals surface area contributed by atoms with E-state index in [1.165, 1.54) is 6.08 Å². The third-order valence-corrected chi connectivity index (χ3v) is 5.90. The zero-order valence-corrected chi connectivity index (χ0v) is 22.0. The highest BCUT2D eigenvalue weighted by molar-refractivity contribution is 6.18. The van der Waals surface area contributed by atoms with Gasteiger partial charge in [0.05, 0.1) is 13.2 Å². The first-order chi connectivity index (χ1) is 16.9. The molecule has 9 heteroatoms. The van der Waals surface area contributed by atoms with E-state index in [9.17, 15) is 19.2 Å². The van der Waals surface area contributed by atoms with Crippen LogP contribution in [0.3, 0.4) is 0 Å². The summed E-state index contributed by atoms with van der Waals surface area (Å²) in [6.45, 7) is 12.3. The summed E-state index contributed by atoms with van der Waals surface area (Å²) < 4.78 is 10.5. The monoisotopic (exact) mass is 499 g/mol. The smallest absolute Gasteiger partial charge is 0.408 e. The molecule has 0 fully saturated rings. The van der Waals surface area contributed by atoms with Gasteiger partial charge in [-0.1, -0.05) is 36.4 Å². The first-order valence-corrected chi connectivity index (χ1v) is 11.9. The normalized spacial score (nSPS) is 18.5. The van der Waals surface area contributed by atoms with Gasteiger partial charge in [0.1, 0.15) is 11.6 Å². The van der Waals surface area contributed by atoms with Gasteiger partial charge in [-0.2, -0.15) is 0 Å². The summed E-state index contributed by atoms with van der Waals surface area (Å²) in [5.74, 6) is -1.50. The zero-order chi connectivity index (χ0) is 27.1. The molecular formula is C27H37N3O6. The first kappa shape index (κ1) is 28.6. The number of amides is 2. The van der Waals surface area contributed by atoms with Crippen LogP contribution >= 0.6 is 0 Å². The Labute approximate surface area is 212 Å². The highest BCUT2D eigenvalue weighted by Gasteiger charge is 2.55. The molecule has 0 saturated heterocycles. The van der Waals surface area contributed by atoms with Crippen LogP contribution in [0.25, 0.3) is 0 Å². The minimum atomic E-state index is -1.56. The summed E-state index contributed by atoms with van der Waals surface area (Å²) in [6, 6.07) is 8.35. The predicted octanol–water partition coefficient (Wildman–Crippen LogP) is 2.91. The van der Waals surface area contributed by atoms with E-state index in [1.54, 1.807) is 46.6 Å². The number of hydrogen-bond donors (Lipinski definition) is 2. The van der Waals surface area contributed by atoms with Gasteiger partial charge in [-0.25, -0.2) is 9.59 Å². The average Bonchev–Trinajstić information content (AvgIpc) is 2.98. The number of alkyl carbamates (subject to hydrolysis) is 1. The Bertz CT molecular complexity index is 1030. The largest absolute Gasteiger partial charge is 0.464 e. The van der Waals surface area contributed by atoms with E-state index in [1.807, 2.05) is 30.3 Å². The molecule has 2 atom stereocenters. The number of likely N-dealkylation sites (N-methyl/N-ethyl adjacent to an activating group) is 1. The third-order valence-electron chi connectivity index (χ3n) is 5.90. The van der Waals surface area contributed by atoms with Crippen LogP contribution in [0.4, 0.5) is 4.79 Å². The average molecular weight is 500 g/mol. The van der Waals surface area contributed by atoms with Gasteiger partial charge in [-0.3, -0.25) is 9.59 Å². The number of nitrogens with zero attached hydrogens (tertiary/aromatic N) is 1. The van der Waals surface area contributed by atoms with Crippen molar-refractivity contribution in [2.75, 3.05) is 20.2 Å². The number of ether oxygens (including phenoxy) is 2. The van der Waals surface area contributed by atoms with Crippen molar-refractivity contribution in [1.82, 2.24) is 15.5 Å². The second kappa shape index (κ2) is 11.9. The highest BCUT2D eigenvalue weighted by atomic mass is 16.6. The van der Waals surface area contributed by atoms with E-state index < -0.39 is 35.2 Å². The van der Waals surface area contributed by atoms with Crippen molar-refractivity contribution in [2.45, 2.75) is 64.6 Å². The molecular weight excluding hydrogens is 462 g/mol. The summed E-state index contributed by atoms with van der Waals surface area (Å²) in [5.41, 5.74) is -0.593. The predicted molar refractivity (Wildman–Crippen MR) is 136 cm³/mol. The number of carbonyl (C=O) groups is 4. The van der Waals surface area contributed by atoms with Crippen LogP contribution in [0.5, 0.6) is 0 Å². The molecule has 1 aromatic carbocycles. The number of benzene rings is 1. The molecule has 0 aliphatic carbocycles. The number of rotatable bonds is 10. The van der Waals surface area contributed by atoms with Crippen molar-refractivity contribution in [3.05, 3.63) is 59.8 Å². The minimum Gasteiger partial charge on any atom is -0.464 e. The Morgan fingerprint density at radius 2 is 1.83 bits per heavy atom. The molecule has 0 saturated carbocycles. The maximum Gasteiger partial charge on any atom is 0.408 e. The van der Waals surface area contributed by atoms with Crippen molar-refractivity contribution >= 4 is 23.8 Å². The van der Waals surface area contributed by atoms with Crippen molar-refractivity contribution in [2.24, 2.45) is 0 Å². The maximum absolute atomic E-state index is 13.2. The molecule has 196 valence electrons. The quantitative estimate of drug-likeness (QED) is 0.289. The van der Waals surface area contributed by atoms with Crippen LogP contribution in [-0.2, 0) is 30.3 Å². The van der Waals surface area contributed by atoms with Gasteiger partial charge in [0, 0.05) is 31.2 Å². The number of ketones is 1. The van der Waals surface area contributed by atoms with E-state index in [-0.39, 0.29) is 31.8 Å². The fourth-order valence-electron chi connectivity index (χ4n) is 4.13. The highest BCUT2D eigenvalue weighted by Crippen LogP contribution is 2.36. The second-order valence-corrected chi connectivity index (χ2v) is 9.64. The Morgan fingerprint density at radius 3 is 2.39 bits per heavy atom. The van der Waals surface area contributed by atoms with Crippen LogP contribution in [0.1, 0.15) is 46.6 Å². The lowest BCUT2D eigenvalue weighted by atomic mass is 9.88. The molecule has 2 rings (SSSR count). The Kier molecular flexibility index (Phi) is 9.44. The second-order valence-electron chi connectivity index (χ2n) is 9.64. The fourth-order valence-corrected chi connectivity index (χ4v) is 4.13. The molecule has 36 heavy (non-hydrogen) atoms. The molecule has 9 nitrogen and oxygen atoms in total. The van der Waals surface area contributed by atoms with E-state index in [4.69, 9.17) is 9.47 Å². The molecule has 0 spiro atoms. The third kappa shape index (κ3) is 6.53. The van der Waals surface area contributed by atoms with Gasteiger partial charge in [0.25, 0.3) is 0 Å². The van der Waals surface area contributed by atoms with Gasteiger partial charge in [0.2, 0.25) is 11.4 Å². The van der Waals surface area contributed by atoms with E-state index in [2.05, 4.69) is 17.2 Å². The lowest BCUT2D eigenvalue weighted by Gasteiger charge is -2.34. The number of esters is 1. The standard InChI is InChI=1S/C27H37N3O6/c1-8-15-27(24(33)35-9-2)22(31)18(3)21(30(27)7)17-28-23(32)20(16-19-13-11-10-12-14-19)29-25(34)36-26(4,5)6/h8,10-14,20H,1,9,15-17H2,2-7H3,(H,28,32)(H,29,34)/t20-,27+/m0/s1. The number of hydrogen-bond acceptors (Lipinski definition) is 7. The van der Waals surface area contributed by atoms with Crippen LogP contribution in [0.2, 0.25) is 0 Å². The molecule has 1 aliphatic heterocycles. The number of nitrogens with one attached hydrogen (secondary N) is 2. The Balaban J connectivity index is 2.23. The first-order valence-electron chi connectivity index (χ1n) is 11.9.